The van der Waals surface area contributed by atoms with Gasteiger partial charge in [-0.05, 0) is 64.2 Å². The number of aliphatic hydroxyl groups is 11. The maximum absolute atomic E-state index is 13.3. The molecule has 0 radical (unpaired) electrons. The molecule has 3 saturated heterocycles. The molecule has 0 aliphatic carbocycles. The van der Waals surface area contributed by atoms with Gasteiger partial charge < -0.3 is 89.9 Å². The minimum Gasteiger partial charge on any atom is -0.394 e. The van der Waals surface area contributed by atoms with Gasteiger partial charge >= 0.3 is 0 Å². The molecule has 0 aromatic rings. The van der Waals surface area contributed by atoms with Gasteiger partial charge in [-0.1, -0.05) is 196 Å². The predicted molar refractivity (Wildman–Crippen MR) is 318 cm³/mol. The van der Waals surface area contributed by atoms with Gasteiger partial charge in [-0.3, -0.25) is 4.79 Å². The Morgan fingerprint density at radius 1 is 0.446 bits per heavy atom. The van der Waals surface area contributed by atoms with Crippen molar-refractivity contribution < 1.29 is 89.4 Å². The van der Waals surface area contributed by atoms with E-state index in [1.807, 2.05) is 6.08 Å². The van der Waals surface area contributed by atoms with Gasteiger partial charge in [0.1, 0.15) is 73.2 Å². The standard InChI is InChI=1S/C64H111NO18/c1-3-5-7-9-11-13-15-17-18-19-20-21-22-23-24-25-26-27-28-30-32-34-36-38-40-42-52(70)65-47(48(69)41-39-37-35-33-31-29-16-14-12-10-8-6-4-2)46-78-62-58(76)55(73)60(50(44-67)80-62)83-64-59(77)56(74)61(51(45-68)81-64)82-63-57(75)54(72)53(71)49(43-66)79-63/h5,7,11,13,17-18,20-21,23-24,39,41,47-51,53-64,66-69,71-77H,3-4,6,8-10,12,14-16,19,22,25-38,40,42-46H2,1-2H3,(H,65,70)/b7-5-,13-11-,18-17-,21-20-,24-23-,41-39+. The second kappa shape index (κ2) is 46.4. The molecule has 0 aromatic heterocycles. The molecule has 3 rings (SSSR count). The average Bonchev–Trinajstić information content (AvgIpc) is 3.57. The number of carbonyl (C=O) groups excluding carboxylic acids is 1. The van der Waals surface area contributed by atoms with E-state index in [0.29, 0.717) is 6.42 Å². The molecular weight excluding hydrogens is 1070 g/mol. The highest BCUT2D eigenvalue weighted by atomic mass is 16.8. The van der Waals surface area contributed by atoms with E-state index in [2.05, 4.69) is 79.9 Å². The highest BCUT2D eigenvalue weighted by Crippen LogP contribution is 2.33. The van der Waals surface area contributed by atoms with Gasteiger partial charge in [-0.15, -0.1) is 0 Å². The molecule has 12 N–H and O–H groups in total. The van der Waals surface area contributed by atoms with Gasteiger partial charge in [0.2, 0.25) is 5.91 Å². The molecule has 0 spiro atoms. The number of ether oxygens (including phenoxy) is 6. The number of carbonyl (C=O) groups is 1. The molecule has 19 heteroatoms. The zero-order valence-electron chi connectivity index (χ0n) is 50.1. The molecule has 17 atom stereocenters. The van der Waals surface area contributed by atoms with Crippen LogP contribution in [0, 0.1) is 0 Å². The van der Waals surface area contributed by atoms with Crippen molar-refractivity contribution in [1.82, 2.24) is 5.32 Å². The third-order valence-corrected chi connectivity index (χ3v) is 15.5. The van der Waals surface area contributed by atoms with Crippen molar-refractivity contribution in [3.05, 3.63) is 72.9 Å². The largest absolute Gasteiger partial charge is 0.394 e. The average molecular weight is 1180 g/mol. The third kappa shape index (κ3) is 29.7. The lowest BCUT2D eigenvalue weighted by atomic mass is 9.96. The van der Waals surface area contributed by atoms with Gasteiger partial charge in [-0.2, -0.15) is 0 Å². The molecule has 3 aliphatic rings. The number of nitrogens with one attached hydrogen (secondary N) is 1. The van der Waals surface area contributed by atoms with E-state index in [4.69, 9.17) is 28.4 Å². The lowest BCUT2D eigenvalue weighted by molar-refractivity contribution is -0.379. The van der Waals surface area contributed by atoms with Crippen molar-refractivity contribution in [2.24, 2.45) is 0 Å². The summed E-state index contributed by atoms with van der Waals surface area (Å²) in [5.74, 6) is -0.286. The third-order valence-electron chi connectivity index (χ3n) is 15.5. The normalized spacial score (nSPS) is 29.9. The SMILES string of the molecule is CC/C=C\C/C=C\C/C=C\C/C=C\C/C=C\CCCCCCCCCCCC(=O)NC(COC1OC(CO)C(OC2OC(CO)C(OC3OC(CO)C(O)C(O)C3O)C(O)C2O)C(O)C1O)C(O)/C=C/CCCCCCCCCCCCC. The zero-order valence-corrected chi connectivity index (χ0v) is 50.1. The molecule has 0 bridgehead atoms. The molecule has 0 aromatic carbocycles. The molecule has 3 aliphatic heterocycles. The fourth-order valence-corrected chi connectivity index (χ4v) is 10.3. The predicted octanol–water partition coefficient (Wildman–Crippen LogP) is 6.60. The van der Waals surface area contributed by atoms with Gasteiger partial charge in [0.15, 0.2) is 18.9 Å². The molecule has 17 unspecified atom stereocenters. The summed E-state index contributed by atoms with van der Waals surface area (Å²) >= 11 is 0. The highest BCUT2D eigenvalue weighted by Gasteiger charge is 2.53. The molecule has 19 nitrogen and oxygen atoms in total. The minimum absolute atomic E-state index is 0.232. The summed E-state index contributed by atoms with van der Waals surface area (Å²) in [6, 6.07) is -0.979. The van der Waals surface area contributed by atoms with E-state index in [0.717, 1.165) is 89.9 Å². The van der Waals surface area contributed by atoms with Crippen molar-refractivity contribution in [1.29, 1.82) is 0 Å². The first-order valence-corrected chi connectivity index (χ1v) is 31.7. The van der Waals surface area contributed by atoms with Crippen LogP contribution < -0.4 is 5.32 Å². The smallest absolute Gasteiger partial charge is 0.220 e. The number of allylic oxidation sites excluding steroid dienone is 11. The van der Waals surface area contributed by atoms with Crippen LogP contribution in [-0.2, 0) is 33.2 Å². The molecule has 1 amide bonds. The Kier molecular flexibility index (Phi) is 41.6. The first-order valence-electron chi connectivity index (χ1n) is 31.7. The fraction of sp³-hybridized carbons (Fsp3) is 0.797. The van der Waals surface area contributed by atoms with E-state index < -0.39 is 124 Å². The van der Waals surface area contributed by atoms with Crippen LogP contribution in [0.4, 0.5) is 0 Å². The first kappa shape index (κ1) is 74.5. The van der Waals surface area contributed by atoms with E-state index >= 15 is 0 Å². The number of hydrogen-bond donors (Lipinski definition) is 12. The van der Waals surface area contributed by atoms with Crippen LogP contribution in [0.15, 0.2) is 72.9 Å². The summed E-state index contributed by atoms with van der Waals surface area (Å²) in [7, 11) is 0. The van der Waals surface area contributed by atoms with Crippen LogP contribution in [-0.4, -0.2) is 193 Å². The first-order chi connectivity index (χ1) is 40.3. The lowest BCUT2D eigenvalue weighted by Crippen LogP contribution is -2.66. The topological polar surface area (TPSA) is 307 Å². The van der Waals surface area contributed by atoms with Crippen LogP contribution in [0.25, 0.3) is 0 Å². The van der Waals surface area contributed by atoms with Gasteiger partial charge in [0.25, 0.3) is 0 Å². The summed E-state index contributed by atoms with van der Waals surface area (Å²) in [6.07, 6.45) is 28.7. The Morgan fingerprint density at radius 2 is 0.831 bits per heavy atom. The molecule has 0 saturated carbocycles. The number of hydrogen-bond acceptors (Lipinski definition) is 18. The minimum atomic E-state index is -1.98. The summed E-state index contributed by atoms with van der Waals surface area (Å²) in [4.78, 5) is 13.3. The summed E-state index contributed by atoms with van der Waals surface area (Å²) < 4.78 is 34.3. The van der Waals surface area contributed by atoms with Gasteiger partial charge in [0, 0.05) is 6.42 Å². The number of aliphatic hydroxyl groups excluding tert-OH is 11. The fourth-order valence-electron chi connectivity index (χ4n) is 10.3. The molecule has 83 heavy (non-hydrogen) atoms. The van der Waals surface area contributed by atoms with E-state index in [1.54, 1.807) is 6.08 Å². The van der Waals surface area contributed by atoms with Crippen molar-refractivity contribution in [3.63, 3.8) is 0 Å². The number of unbranched alkanes of at least 4 members (excludes halogenated alkanes) is 20. The number of rotatable bonds is 46. The van der Waals surface area contributed by atoms with Crippen LogP contribution >= 0.6 is 0 Å². The van der Waals surface area contributed by atoms with Crippen LogP contribution in [0.1, 0.15) is 194 Å². The van der Waals surface area contributed by atoms with E-state index in [1.165, 1.54) is 77.0 Å². The second-order valence-corrected chi connectivity index (χ2v) is 22.5. The van der Waals surface area contributed by atoms with Crippen molar-refractivity contribution in [3.8, 4) is 0 Å². The lowest BCUT2D eigenvalue weighted by Gasteiger charge is -2.48. The number of amides is 1. The Bertz CT molecular complexity index is 1790. The zero-order chi connectivity index (χ0) is 60.5. The van der Waals surface area contributed by atoms with Crippen LogP contribution in [0.5, 0.6) is 0 Å². The molecule has 480 valence electrons. The summed E-state index contributed by atoms with van der Waals surface area (Å²) in [5.41, 5.74) is 0. The van der Waals surface area contributed by atoms with Crippen molar-refractivity contribution >= 4 is 5.91 Å². The maximum Gasteiger partial charge on any atom is 0.220 e. The van der Waals surface area contributed by atoms with Crippen LogP contribution in [0.2, 0.25) is 0 Å². The molecular formula is C64H111NO18. The highest BCUT2D eigenvalue weighted by molar-refractivity contribution is 5.76. The Hall–Kier alpha value is -2.77. The van der Waals surface area contributed by atoms with E-state index in [9.17, 15) is 61.0 Å². The monoisotopic (exact) mass is 1180 g/mol. The maximum atomic E-state index is 13.3. The van der Waals surface area contributed by atoms with Crippen molar-refractivity contribution in [2.75, 3.05) is 26.4 Å². The summed E-state index contributed by atoms with van der Waals surface area (Å²) in [5, 5.41) is 120. The van der Waals surface area contributed by atoms with Crippen LogP contribution in [0.3, 0.4) is 0 Å². The molecule has 3 fully saturated rings. The summed E-state index contributed by atoms with van der Waals surface area (Å²) in [6.45, 7) is 1.58. The Labute approximate surface area is 496 Å². The van der Waals surface area contributed by atoms with Gasteiger partial charge in [0.05, 0.1) is 38.6 Å². The second-order valence-electron chi connectivity index (χ2n) is 22.5. The Balaban J connectivity index is 1.45. The Morgan fingerprint density at radius 3 is 1.30 bits per heavy atom. The molecule has 3 heterocycles. The van der Waals surface area contributed by atoms with Crippen molar-refractivity contribution in [2.45, 2.75) is 298 Å². The van der Waals surface area contributed by atoms with E-state index in [-0.39, 0.29) is 18.9 Å². The van der Waals surface area contributed by atoms with Gasteiger partial charge in [-0.25, -0.2) is 0 Å². The quantitative estimate of drug-likeness (QED) is 0.0226.